The van der Waals surface area contributed by atoms with Crippen molar-refractivity contribution in [2.24, 2.45) is 24.8 Å². The van der Waals surface area contributed by atoms with Crippen molar-refractivity contribution < 1.29 is 18.0 Å². The molecule has 3 fully saturated rings. The predicted octanol–water partition coefficient (Wildman–Crippen LogP) is 5.28. The SMILES string of the molecule is C[C@@H]1[C@@H]2CC[C@@H]2CN1C(=O)c1cnc2c(c1)nc(-c1cc3ccc(C(F)(F)F)nc3n1CC1CC1)n2C. The first-order chi connectivity index (χ1) is 17.7. The summed E-state index contributed by atoms with van der Waals surface area (Å²) >= 11 is 0. The Morgan fingerprint density at radius 2 is 1.89 bits per heavy atom. The maximum Gasteiger partial charge on any atom is 0.433 e. The molecule has 192 valence electrons. The highest BCUT2D eigenvalue weighted by atomic mass is 19.4. The van der Waals surface area contributed by atoms with E-state index >= 15 is 0 Å². The highest BCUT2D eigenvalue weighted by Crippen LogP contribution is 2.45. The van der Waals surface area contributed by atoms with Gasteiger partial charge in [0.1, 0.15) is 16.9 Å². The normalized spacial score (nSPS) is 23.6. The van der Waals surface area contributed by atoms with Gasteiger partial charge in [0.2, 0.25) is 0 Å². The number of imidazole rings is 1. The van der Waals surface area contributed by atoms with Crippen molar-refractivity contribution in [3.63, 3.8) is 0 Å². The first kappa shape index (κ1) is 22.7. The van der Waals surface area contributed by atoms with Gasteiger partial charge in [0.15, 0.2) is 11.5 Å². The Balaban J connectivity index is 1.30. The molecular formula is C27H27F3N6O. The van der Waals surface area contributed by atoms with E-state index in [0.29, 0.717) is 63.6 Å². The predicted molar refractivity (Wildman–Crippen MR) is 132 cm³/mol. The van der Waals surface area contributed by atoms with Crippen LogP contribution < -0.4 is 0 Å². The molecule has 2 saturated carbocycles. The molecule has 0 bridgehead atoms. The van der Waals surface area contributed by atoms with E-state index in [1.165, 1.54) is 18.9 Å². The number of nitrogens with zero attached hydrogens (tertiary/aromatic N) is 6. The standard InChI is InChI=1S/C27H27F3N6O/c1-14-19-7-5-17(19)13-35(14)26(37)18-9-20-24(31-11-18)34(2)25(32-20)21-10-16-6-8-22(27(28,29)30)33-23(16)36(21)12-15-3-4-15/h6,8-11,14-15,17,19H,3-5,7,12-13H2,1-2H3/t14-,17-,19+/m1/s1. The van der Waals surface area contributed by atoms with E-state index in [9.17, 15) is 18.0 Å². The molecule has 10 heteroatoms. The molecule has 4 aromatic heterocycles. The van der Waals surface area contributed by atoms with Crippen LogP contribution in [0, 0.1) is 17.8 Å². The summed E-state index contributed by atoms with van der Waals surface area (Å²) in [7, 11) is 1.84. The van der Waals surface area contributed by atoms with Crippen molar-refractivity contribution >= 4 is 28.1 Å². The van der Waals surface area contributed by atoms with E-state index in [0.717, 1.165) is 25.5 Å². The number of hydrogen-bond acceptors (Lipinski definition) is 4. The number of carbonyl (C=O) groups is 1. The van der Waals surface area contributed by atoms with Gasteiger partial charge in [-0.15, -0.1) is 0 Å². The highest BCUT2D eigenvalue weighted by Gasteiger charge is 2.46. The fourth-order valence-corrected chi connectivity index (χ4v) is 6.18. The van der Waals surface area contributed by atoms with Crippen molar-refractivity contribution in [3.05, 3.63) is 41.7 Å². The zero-order valence-electron chi connectivity index (χ0n) is 20.7. The first-order valence-electron chi connectivity index (χ1n) is 12.9. The van der Waals surface area contributed by atoms with Gasteiger partial charge in [-0.3, -0.25) is 4.79 Å². The van der Waals surface area contributed by atoms with Crippen LogP contribution >= 0.6 is 0 Å². The molecule has 7 nitrogen and oxygen atoms in total. The summed E-state index contributed by atoms with van der Waals surface area (Å²) in [6.07, 6.45) is 1.56. The molecule has 1 amide bonds. The number of halogens is 3. The van der Waals surface area contributed by atoms with E-state index in [1.807, 2.05) is 27.1 Å². The molecule has 5 heterocycles. The largest absolute Gasteiger partial charge is 0.433 e. The van der Waals surface area contributed by atoms with Crippen LogP contribution in [-0.4, -0.2) is 47.5 Å². The number of amides is 1. The minimum absolute atomic E-state index is 0.0183. The number of likely N-dealkylation sites (tertiary alicyclic amines) is 1. The molecule has 0 aromatic carbocycles. The van der Waals surface area contributed by atoms with Crippen LogP contribution in [-0.2, 0) is 19.8 Å². The molecular weight excluding hydrogens is 481 g/mol. The lowest BCUT2D eigenvalue weighted by Crippen LogP contribution is -2.36. The smallest absolute Gasteiger partial charge is 0.335 e. The maximum atomic E-state index is 13.4. The number of fused-ring (bicyclic) bond motifs is 3. The summed E-state index contributed by atoms with van der Waals surface area (Å²) in [6, 6.07) is 6.36. The van der Waals surface area contributed by atoms with Crippen LogP contribution in [0.4, 0.5) is 13.2 Å². The molecule has 2 aliphatic carbocycles. The Morgan fingerprint density at radius 3 is 2.54 bits per heavy atom. The van der Waals surface area contributed by atoms with Gasteiger partial charge in [-0.05, 0) is 74.6 Å². The molecule has 1 aliphatic heterocycles. The Bertz CT molecular complexity index is 1570. The molecule has 3 aliphatic rings. The van der Waals surface area contributed by atoms with Gasteiger partial charge in [0.25, 0.3) is 5.91 Å². The van der Waals surface area contributed by atoms with Crippen molar-refractivity contribution in [1.82, 2.24) is 29.0 Å². The lowest BCUT2D eigenvalue weighted by atomic mass is 9.73. The first-order valence-corrected chi connectivity index (χ1v) is 12.9. The van der Waals surface area contributed by atoms with Gasteiger partial charge in [0.05, 0.1) is 11.3 Å². The van der Waals surface area contributed by atoms with E-state index in [2.05, 4.69) is 16.9 Å². The highest BCUT2D eigenvalue weighted by molar-refractivity contribution is 5.97. The summed E-state index contributed by atoms with van der Waals surface area (Å²) < 4.78 is 43.9. The molecule has 0 N–H and O–H groups in total. The van der Waals surface area contributed by atoms with Crippen molar-refractivity contribution in [2.45, 2.75) is 51.4 Å². The Labute approximate surface area is 211 Å². The molecule has 0 spiro atoms. The average molecular weight is 509 g/mol. The second-order valence-electron chi connectivity index (χ2n) is 11.0. The second-order valence-corrected chi connectivity index (χ2v) is 11.0. The van der Waals surface area contributed by atoms with Crippen LogP contribution in [0.3, 0.4) is 0 Å². The van der Waals surface area contributed by atoms with Gasteiger partial charge >= 0.3 is 6.18 Å². The summed E-state index contributed by atoms with van der Waals surface area (Å²) in [5, 5.41) is 0.636. The van der Waals surface area contributed by atoms with E-state index in [-0.39, 0.29) is 11.9 Å². The fourth-order valence-electron chi connectivity index (χ4n) is 6.18. The maximum absolute atomic E-state index is 13.4. The summed E-state index contributed by atoms with van der Waals surface area (Å²) in [5.74, 6) is 2.20. The zero-order chi connectivity index (χ0) is 25.6. The van der Waals surface area contributed by atoms with Gasteiger partial charge in [0, 0.05) is 37.8 Å². The molecule has 37 heavy (non-hydrogen) atoms. The van der Waals surface area contributed by atoms with Crippen LogP contribution in [0.5, 0.6) is 0 Å². The van der Waals surface area contributed by atoms with Crippen molar-refractivity contribution in [3.8, 4) is 11.5 Å². The van der Waals surface area contributed by atoms with Gasteiger partial charge in [-0.1, -0.05) is 0 Å². The molecule has 0 radical (unpaired) electrons. The Hall–Kier alpha value is -3.43. The molecule has 3 atom stereocenters. The second kappa shape index (κ2) is 7.79. The topological polar surface area (TPSA) is 68.8 Å². The Kier molecular flexibility index (Phi) is 4.79. The number of aromatic nitrogens is 5. The summed E-state index contributed by atoms with van der Waals surface area (Å²) in [5.41, 5.74) is 1.83. The number of hydrogen-bond donors (Lipinski definition) is 0. The van der Waals surface area contributed by atoms with E-state index in [1.54, 1.807) is 12.3 Å². The lowest BCUT2D eigenvalue weighted by molar-refractivity contribution is -0.141. The number of carbonyl (C=O) groups excluding carboxylic acids is 1. The van der Waals surface area contributed by atoms with E-state index < -0.39 is 11.9 Å². The number of rotatable bonds is 4. The number of pyridine rings is 2. The third kappa shape index (κ3) is 3.55. The van der Waals surface area contributed by atoms with Gasteiger partial charge in [-0.25, -0.2) is 15.0 Å². The Morgan fingerprint density at radius 1 is 1.08 bits per heavy atom. The average Bonchev–Trinajstić information content (AvgIpc) is 3.45. The van der Waals surface area contributed by atoms with Crippen molar-refractivity contribution in [2.75, 3.05) is 6.54 Å². The lowest BCUT2D eigenvalue weighted by Gasteiger charge is -2.31. The zero-order valence-corrected chi connectivity index (χ0v) is 20.7. The number of aryl methyl sites for hydroxylation is 1. The quantitative estimate of drug-likeness (QED) is 0.376. The van der Waals surface area contributed by atoms with Crippen LogP contribution in [0.15, 0.2) is 30.5 Å². The number of alkyl halides is 3. The third-order valence-corrected chi connectivity index (χ3v) is 8.64. The van der Waals surface area contributed by atoms with Crippen LogP contribution in [0.1, 0.15) is 48.7 Å². The van der Waals surface area contributed by atoms with Gasteiger partial charge in [-0.2, -0.15) is 13.2 Å². The van der Waals surface area contributed by atoms with Crippen molar-refractivity contribution in [1.29, 1.82) is 0 Å². The van der Waals surface area contributed by atoms with E-state index in [4.69, 9.17) is 4.98 Å². The van der Waals surface area contributed by atoms with Crippen LogP contribution in [0.25, 0.3) is 33.7 Å². The molecule has 7 rings (SSSR count). The molecule has 1 saturated heterocycles. The minimum atomic E-state index is -4.51. The summed E-state index contributed by atoms with van der Waals surface area (Å²) in [6.45, 7) is 3.51. The van der Waals surface area contributed by atoms with Gasteiger partial charge < -0.3 is 14.0 Å². The summed E-state index contributed by atoms with van der Waals surface area (Å²) in [4.78, 5) is 28.7. The third-order valence-electron chi connectivity index (χ3n) is 8.64. The fraction of sp³-hybridized carbons (Fsp3) is 0.481. The minimum Gasteiger partial charge on any atom is -0.335 e. The monoisotopic (exact) mass is 508 g/mol. The molecule has 4 aromatic rings. The van der Waals surface area contributed by atoms with Crippen LogP contribution in [0.2, 0.25) is 0 Å². The molecule has 0 unspecified atom stereocenters.